The van der Waals surface area contributed by atoms with E-state index in [2.05, 4.69) is 21.2 Å². The molecule has 3 aromatic carbocycles. The van der Waals surface area contributed by atoms with Crippen LogP contribution < -0.4 is 19.1 Å². The van der Waals surface area contributed by atoms with E-state index in [-0.39, 0.29) is 36.4 Å². The summed E-state index contributed by atoms with van der Waals surface area (Å²) in [5.74, 6) is -0.166. The lowest BCUT2D eigenvalue weighted by molar-refractivity contribution is -0.140. The monoisotopic (exact) mass is 659 g/mol. The summed E-state index contributed by atoms with van der Waals surface area (Å²) >= 11 is 3.48. The molecule has 0 saturated heterocycles. The van der Waals surface area contributed by atoms with Crippen molar-refractivity contribution in [3.05, 3.63) is 88.4 Å². The summed E-state index contributed by atoms with van der Waals surface area (Å²) in [6.45, 7) is 3.41. The number of amides is 2. The smallest absolute Gasteiger partial charge is 0.244 e. The maximum atomic E-state index is 14.2. The third-order valence-electron chi connectivity index (χ3n) is 6.85. The van der Waals surface area contributed by atoms with Gasteiger partial charge >= 0.3 is 0 Å². The minimum absolute atomic E-state index is 0.0844. The number of halogens is 1. The number of anilines is 1. The normalized spacial score (nSPS) is 12.6. The lowest BCUT2D eigenvalue weighted by Crippen LogP contribution is -2.54. The summed E-state index contributed by atoms with van der Waals surface area (Å²) in [4.78, 5) is 29.5. The summed E-state index contributed by atoms with van der Waals surface area (Å²) < 4.78 is 38.7. The van der Waals surface area contributed by atoms with Crippen LogP contribution in [0.4, 0.5) is 5.69 Å². The van der Waals surface area contributed by atoms with Crippen molar-refractivity contribution in [1.82, 2.24) is 10.2 Å². The van der Waals surface area contributed by atoms with Gasteiger partial charge in [0.2, 0.25) is 21.8 Å². The molecule has 0 radical (unpaired) electrons. The summed E-state index contributed by atoms with van der Waals surface area (Å²) in [6.07, 6.45) is 1.98. The van der Waals surface area contributed by atoms with Crippen molar-refractivity contribution in [2.45, 2.75) is 45.3 Å². The quantitative estimate of drug-likeness (QED) is 0.267. The van der Waals surface area contributed by atoms with Gasteiger partial charge in [0.15, 0.2) is 0 Å². The maximum Gasteiger partial charge on any atom is 0.244 e. The first kappa shape index (κ1) is 32.9. The first-order valence-electron chi connectivity index (χ1n) is 13.5. The molecule has 0 bridgehead atoms. The third kappa shape index (κ3) is 8.96. The minimum Gasteiger partial charge on any atom is -0.497 e. The molecular formula is C31H38BrN3O6S. The fraction of sp³-hybridized carbons (Fsp3) is 0.355. The number of sulfonamides is 1. The molecule has 0 aliphatic rings. The van der Waals surface area contributed by atoms with E-state index in [0.29, 0.717) is 12.2 Å². The van der Waals surface area contributed by atoms with E-state index in [1.807, 2.05) is 68.4 Å². The molecule has 0 aromatic heterocycles. The number of ether oxygens (including phenoxy) is 2. The molecule has 2 unspecified atom stereocenters. The predicted molar refractivity (Wildman–Crippen MR) is 168 cm³/mol. The molecule has 0 aliphatic heterocycles. The first-order chi connectivity index (χ1) is 20.0. The van der Waals surface area contributed by atoms with Crippen molar-refractivity contribution < 1.29 is 27.5 Å². The lowest BCUT2D eigenvalue weighted by Gasteiger charge is -2.34. The molecule has 0 spiro atoms. The highest BCUT2D eigenvalue weighted by molar-refractivity contribution is 9.10. The van der Waals surface area contributed by atoms with Crippen LogP contribution in [-0.2, 0) is 32.6 Å². The molecule has 0 aliphatic carbocycles. The Kier molecular flexibility index (Phi) is 11.8. The Morgan fingerprint density at radius 3 is 2.24 bits per heavy atom. The van der Waals surface area contributed by atoms with Gasteiger partial charge in [-0.25, -0.2) is 8.42 Å². The Labute approximate surface area is 257 Å². The largest absolute Gasteiger partial charge is 0.497 e. The highest BCUT2D eigenvalue weighted by Crippen LogP contribution is 2.34. The predicted octanol–water partition coefficient (Wildman–Crippen LogP) is 4.79. The minimum atomic E-state index is -3.95. The molecule has 2 amide bonds. The van der Waals surface area contributed by atoms with Gasteiger partial charge in [-0.1, -0.05) is 65.3 Å². The van der Waals surface area contributed by atoms with Crippen LogP contribution in [0.1, 0.15) is 31.4 Å². The van der Waals surface area contributed by atoms with E-state index in [1.54, 1.807) is 12.1 Å². The molecular weight excluding hydrogens is 622 g/mol. The van der Waals surface area contributed by atoms with Crippen LogP contribution in [-0.4, -0.2) is 64.2 Å². The number of carbonyl (C=O) groups is 2. The number of methoxy groups -OCH3 is 2. The van der Waals surface area contributed by atoms with E-state index in [1.165, 1.54) is 25.2 Å². The molecule has 0 saturated carbocycles. The Morgan fingerprint density at radius 2 is 1.64 bits per heavy atom. The SMILES string of the molecule is CCC(C)NC(=O)C(Cc1ccccc1)N(Cc1cccc(Br)c1)C(=O)CN(c1ccc(OC)cc1OC)S(C)(=O)=O. The van der Waals surface area contributed by atoms with E-state index in [0.717, 1.165) is 26.2 Å². The summed E-state index contributed by atoms with van der Waals surface area (Å²) in [7, 11) is -1.05. The summed E-state index contributed by atoms with van der Waals surface area (Å²) in [5.41, 5.74) is 1.82. The van der Waals surface area contributed by atoms with Crippen LogP contribution in [0.2, 0.25) is 0 Å². The molecule has 3 rings (SSSR count). The average Bonchev–Trinajstić information content (AvgIpc) is 2.97. The van der Waals surface area contributed by atoms with E-state index in [9.17, 15) is 18.0 Å². The number of hydrogen-bond donors (Lipinski definition) is 1. The van der Waals surface area contributed by atoms with Gasteiger partial charge in [0.1, 0.15) is 24.1 Å². The van der Waals surface area contributed by atoms with Crippen molar-refractivity contribution in [2.75, 3.05) is 31.3 Å². The lowest BCUT2D eigenvalue weighted by atomic mass is 10.0. The third-order valence-corrected chi connectivity index (χ3v) is 8.47. The maximum absolute atomic E-state index is 14.2. The van der Waals surface area contributed by atoms with Crippen LogP contribution in [0, 0.1) is 0 Å². The Bertz CT molecular complexity index is 1470. The number of rotatable bonds is 14. The Balaban J connectivity index is 2.10. The van der Waals surface area contributed by atoms with Crippen molar-refractivity contribution in [2.24, 2.45) is 0 Å². The zero-order valence-electron chi connectivity index (χ0n) is 24.5. The van der Waals surface area contributed by atoms with Crippen molar-refractivity contribution in [3.63, 3.8) is 0 Å². The van der Waals surface area contributed by atoms with Gasteiger partial charge in [-0.2, -0.15) is 0 Å². The van der Waals surface area contributed by atoms with Gasteiger partial charge in [-0.05, 0) is 48.7 Å². The first-order valence-corrected chi connectivity index (χ1v) is 16.2. The second kappa shape index (κ2) is 15.1. The molecule has 9 nitrogen and oxygen atoms in total. The van der Waals surface area contributed by atoms with Crippen LogP contribution in [0.3, 0.4) is 0 Å². The molecule has 1 N–H and O–H groups in total. The van der Waals surface area contributed by atoms with Gasteiger partial charge in [0.25, 0.3) is 0 Å². The molecule has 11 heteroatoms. The Hall–Kier alpha value is -3.57. The van der Waals surface area contributed by atoms with Crippen molar-refractivity contribution in [3.8, 4) is 11.5 Å². The number of nitrogens with one attached hydrogen (secondary N) is 1. The van der Waals surface area contributed by atoms with E-state index >= 15 is 0 Å². The molecule has 226 valence electrons. The fourth-order valence-corrected chi connectivity index (χ4v) is 5.71. The van der Waals surface area contributed by atoms with Crippen LogP contribution in [0.15, 0.2) is 77.3 Å². The molecule has 0 fully saturated rings. The van der Waals surface area contributed by atoms with E-state index in [4.69, 9.17) is 9.47 Å². The van der Waals surface area contributed by atoms with Gasteiger partial charge in [0.05, 0.1) is 26.2 Å². The van der Waals surface area contributed by atoms with Gasteiger partial charge < -0.3 is 19.7 Å². The zero-order valence-corrected chi connectivity index (χ0v) is 26.9. The number of hydrogen-bond acceptors (Lipinski definition) is 6. The second-order valence-electron chi connectivity index (χ2n) is 9.98. The molecule has 42 heavy (non-hydrogen) atoms. The topological polar surface area (TPSA) is 105 Å². The van der Waals surface area contributed by atoms with Gasteiger partial charge in [0, 0.05) is 29.5 Å². The Morgan fingerprint density at radius 1 is 0.952 bits per heavy atom. The van der Waals surface area contributed by atoms with Crippen molar-refractivity contribution >= 4 is 43.5 Å². The van der Waals surface area contributed by atoms with Crippen LogP contribution >= 0.6 is 15.9 Å². The average molecular weight is 661 g/mol. The summed E-state index contributed by atoms with van der Waals surface area (Å²) in [6, 6.07) is 20.5. The molecule has 3 aromatic rings. The zero-order chi connectivity index (χ0) is 30.9. The summed E-state index contributed by atoms with van der Waals surface area (Å²) in [5, 5.41) is 3.02. The molecule has 0 heterocycles. The van der Waals surface area contributed by atoms with Crippen LogP contribution in [0.5, 0.6) is 11.5 Å². The number of nitrogens with zero attached hydrogens (tertiary/aromatic N) is 2. The van der Waals surface area contributed by atoms with Gasteiger partial charge in [-0.15, -0.1) is 0 Å². The standard InChI is InChI=1S/C31H38BrN3O6S/c1-6-22(2)33-31(37)28(18-23-11-8-7-9-12-23)34(20-24-13-10-14-25(32)17-24)30(36)21-35(42(5,38)39)27-16-15-26(40-3)19-29(27)41-4/h7-17,19,22,28H,6,18,20-21H2,1-5H3,(H,33,37). The van der Waals surface area contributed by atoms with E-state index < -0.39 is 28.5 Å². The number of benzene rings is 3. The highest BCUT2D eigenvalue weighted by atomic mass is 79.9. The molecule has 2 atom stereocenters. The second-order valence-corrected chi connectivity index (χ2v) is 12.8. The fourth-order valence-electron chi connectivity index (χ4n) is 4.41. The number of carbonyl (C=O) groups excluding carboxylic acids is 2. The highest BCUT2D eigenvalue weighted by Gasteiger charge is 2.34. The van der Waals surface area contributed by atoms with Crippen molar-refractivity contribution in [1.29, 1.82) is 0 Å². The van der Waals surface area contributed by atoms with Gasteiger partial charge in [-0.3, -0.25) is 13.9 Å². The van der Waals surface area contributed by atoms with Crippen LogP contribution in [0.25, 0.3) is 0 Å².